The minimum atomic E-state index is 0.344. The molecular formula is C40H49ClN8. The Kier molecular flexibility index (Phi) is 10.6. The second kappa shape index (κ2) is 15.2. The third kappa shape index (κ3) is 8.31. The molecule has 0 bridgehead atoms. The summed E-state index contributed by atoms with van der Waals surface area (Å²) in [6.07, 6.45) is 12.2. The van der Waals surface area contributed by atoms with E-state index < -0.39 is 0 Å². The Morgan fingerprint density at radius 3 is 2.51 bits per heavy atom. The lowest BCUT2D eigenvalue weighted by atomic mass is 9.85. The molecule has 0 spiro atoms. The quantitative estimate of drug-likeness (QED) is 0.130. The van der Waals surface area contributed by atoms with Crippen molar-refractivity contribution in [3.05, 3.63) is 119 Å². The van der Waals surface area contributed by atoms with Crippen molar-refractivity contribution in [2.24, 2.45) is 5.92 Å². The Hall–Kier alpha value is -4.69. The summed E-state index contributed by atoms with van der Waals surface area (Å²) in [5, 5.41) is 17.6. The number of hydrogen-bond acceptors (Lipinski definition) is 8. The average molecular weight is 677 g/mol. The van der Waals surface area contributed by atoms with E-state index in [1.807, 2.05) is 13.1 Å². The lowest BCUT2D eigenvalue weighted by Crippen LogP contribution is -2.29. The van der Waals surface area contributed by atoms with E-state index >= 15 is 0 Å². The molecule has 0 amide bonds. The first-order valence-electron chi connectivity index (χ1n) is 17.3. The van der Waals surface area contributed by atoms with Gasteiger partial charge in [-0.05, 0) is 105 Å². The highest BCUT2D eigenvalue weighted by atomic mass is 35.5. The molecule has 256 valence electrons. The van der Waals surface area contributed by atoms with Crippen LogP contribution in [0.3, 0.4) is 0 Å². The zero-order valence-corrected chi connectivity index (χ0v) is 29.6. The van der Waals surface area contributed by atoms with Gasteiger partial charge in [0.2, 0.25) is 5.95 Å². The molecule has 0 radical (unpaired) electrons. The molecule has 8 nitrogen and oxygen atoms in total. The topological polar surface area (TPSA) is 89.2 Å². The maximum Gasteiger partial charge on any atom is 0.224 e. The lowest BCUT2D eigenvalue weighted by molar-refractivity contribution is 0.351. The molecule has 1 unspecified atom stereocenters. The van der Waals surface area contributed by atoms with Crippen molar-refractivity contribution in [3.8, 4) is 0 Å². The lowest BCUT2D eigenvalue weighted by Gasteiger charge is -2.30. The molecule has 1 atom stereocenters. The van der Waals surface area contributed by atoms with Gasteiger partial charge in [-0.15, -0.1) is 0 Å². The van der Waals surface area contributed by atoms with Gasteiger partial charge in [0.05, 0.1) is 6.20 Å². The van der Waals surface area contributed by atoms with Crippen molar-refractivity contribution in [2.45, 2.75) is 63.3 Å². The number of nitrogens with one attached hydrogen (secondary N) is 5. The molecule has 2 aromatic carbocycles. The van der Waals surface area contributed by atoms with E-state index in [9.17, 15) is 0 Å². The number of benzene rings is 2. The Bertz CT molecular complexity index is 1750. The molecule has 2 fully saturated rings. The van der Waals surface area contributed by atoms with Crippen molar-refractivity contribution in [2.75, 3.05) is 41.5 Å². The molecule has 3 aromatic rings. The van der Waals surface area contributed by atoms with Crippen LogP contribution < -0.4 is 31.5 Å². The SMILES string of the molecule is C=C(CCC1=Cc2cc(Nc3nc(NCC4CCC(Nc5ccc(C6CCC(=C)NC6=C)cc5)CC4)ncc3Cl)ccc2N(C)C1=C)NC. The van der Waals surface area contributed by atoms with Gasteiger partial charge in [0.25, 0.3) is 0 Å². The van der Waals surface area contributed by atoms with E-state index in [-0.39, 0.29) is 0 Å². The predicted octanol–water partition coefficient (Wildman–Crippen LogP) is 9.31. The highest BCUT2D eigenvalue weighted by molar-refractivity contribution is 6.32. The van der Waals surface area contributed by atoms with Crippen LogP contribution in [-0.4, -0.2) is 36.6 Å². The standard InChI is InChI=1S/C40H49ClN8/c1-25(42-5)7-11-31-21-32-22-35(18-20-38(32)49(6)28(31)4)47-39-37(41)24-44-40(48-39)43-23-29-9-14-33(15-10-29)46-34-16-12-30(13-17-34)36-19-8-26(2)45-27(36)3/h12-13,16-18,20-22,24,29,33,36,42,45-46H,1-4,7-11,14-15,19,23H2,5-6H3,(H2,43,44,47,48). The maximum absolute atomic E-state index is 6.55. The molecule has 6 rings (SSSR count). The van der Waals surface area contributed by atoms with E-state index in [2.05, 4.69) is 112 Å². The number of piperidine rings is 1. The van der Waals surface area contributed by atoms with E-state index in [1.165, 1.54) is 16.8 Å². The highest BCUT2D eigenvalue weighted by Gasteiger charge is 2.24. The van der Waals surface area contributed by atoms with E-state index in [0.29, 0.717) is 34.7 Å². The molecule has 1 aromatic heterocycles. The first-order chi connectivity index (χ1) is 23.7. The maximum atomic E-state index is 6.55. The van der Waals surface area contributed by atoms with Gasteiger partial charge >= 0.3 is 0 Å². The number of nitrogens with zero attached hydrogens (tertiary/aromatic N) is 3. The Balaban J connectivity index is 1.00. The Morgan fingerprint density at radius 1 is 1.02 bits per heavy atom. The molecule has 3 aliphatic rings. The summed E-state index contributed by atoms with van der Waals surface area (Å²) in [7, 11) is 3.96. The summed E-state index contributed by atoms with van der Waals surface area (Å²) >= 11 is 6.55. The largest absolute Gasteiger partial charge is 0.392 e. The van der Waals surface area contributed by atoms with Crippen LogP contribution in [0, 0.1) is 5.92 Å². The molecule has 1 saturated carbocycles. The second-order valence-corrected chi connectivity index (χ2v) is 13.9. The van der Waals surface area contributed by atoms with Crippen molar-refractivity contribution in [1.82, 2.24) is 20.6 Å². The molecule has 49 heavy (non-hydrogen) atoms. The van der Waals surface area contributed by atoms with Crippen LogP contribution >= 0.6 is 11.6 Å². The van der Waals surface area contributed by atoms with Crippen LogP contribution in [0.1, 0.15) is 68.4 Å². The van der Waals surface area contributed by atoms with Crippen molar-refractivity contribution in [3.63, 3.8) is 0 Å². The number of rotatable bonds is 12. The zero-order valence-electron chi connectivity index (χ0n) is 28.8. The smallest absolute Gasteiger partial charge is 0.224 e. The third-order valence-electron chi connectivity index (χ3n) is 10.1. The second-order valence-electron chi connectivity index (χ2n) is 13.5. The fourth-order valence-corrected chi connectivity index (χ4v) is 7.16. The van der Waals surface area contributed by atoms with Crippen LogP contribution in [0.4, 0.5) is 28.8 Å². The number of hydrogen-bond donors (Lipinski definition) is 5. The van der Waals surface area contributed by atoms with Gasteiger partial charge in [-0.1, -0.05) is 50.0 Å². The van der Waals surface area contributed by atoms with E-state index in [4.69, 9.17) is 16.6 Å². The summed E-state index contributed by atoms with van der Waals surface area (Å²) in [5.74, 6) is 2.07. The summed E-state index contributed by atoms with van der Waals surface area (Å²) in [5.41, 5.74) is 10.9. The summed E-state index contributed by atoms with van der Waals surface area (Å²) < 4.78 is 0. The molecule has 9 heteroatoms. The van der Waals surface area contributed by atoms with Gasteiger partial charge in [-0.2, -0.15) is 4.98 Å². The molecular weight excluding hydrogens is 628 g/mol. The molecule has 3 heterocycles. The van der Waals surface area contributed by atoms with Crippen molar-refractivity contribution in [1.29, 1.82) is 0 Å². The van der Waals surface area contributed by atoms with E-state index in [1.54, 1.807) is 6.20 Å². The monoisotopic (exact) mass is 676 g/mol. The van der Waals surface area contributed by atoms with Crippen molar-refractivity contribution < 1.29 is 0 Å². The number of halogens is 1. The highest BCUT2D eigenvalue weighted by Crippen LogP contribution is 2.38. The average Bonchev–Trinajstić information content (AvgIpc) is 3.10. The van der Waals surface area contributed by atoms with Crippen LogP contribution in [0.25, 0.3) is 6.08 Å². The number of aromatic nitrogens is 2. The first-order valence-corrected chi connectivity index (χ1v) is 17.7. The van der Waals surface area contributed by atoms with Gasteiger partial charge in [0.15, 0.2) is 5.82 Å². The molecule has 5 N–H and O–H groups in total. The van der Waals surface area contributed by atoms with Crippen molar-refractivity contribution >= 4 is 46.5 Å². The summed E-state index contributed by atoms with van der Waals surface area (Å²) in [4.78, 5) is 11.3. The molecule has 2 aliphatic heterocycles. The zero-order chi connectivity index (χ0) is 34.5. The molecule has 1 saturated heterocycles. The normalized spacial score (nSPS) is 20.6. The summed E-state index contributed by atoms with van der Waals surface area (Å²) in [6, 6.07) is 15.6. The minimum Gasteiger partial charge on any atom is -0.392 e. The van der Waals surface area contributed by atoms with Gasteiger partial charge in [0.1, 0.15) is 5.02 Å². The van der Waals surface area contributed by atoms with Crippen LogP contribution in [0.5, 0.6) is 0 Å². The van der Waals surface area contributed by atoms with Gasteiger partial charge in [0, 0.05) is 78.0 Å². The van der Waals surface area contributed by atoms with Crippen LogP contribution in [0.15, 0.2) is 103 Å². The van der Waals surface area contributed by atoms with Gasteiger partial charge in [-0.3, -0.25) is 0 Å². The first kappa shape index (κ1) is 34.2. The number of fused-ring (bicyclic) bond motifs is 1. The van der Waals surface area contributed by atoms with Gasteiger partial charge < -0.3 is 31.5 Å². The fraction of sp³-hybridized carbons (Fsp3) is 0.350. The number of allylic oxidation sites excluding steroid dienone is 4. The van der Waals surface area contributed by atoms with Crippen LogP contribution in [-0.2, 0) is 0 Å². The van der Waals surface area contributed by atoms with E-state index in [0.717, 1.165) is 97.6 Å². The number of anilines is 5. The predicted molar refractivity (Wildman–Crippen MR) is 207 cm³/mol. The number of likely N-dealkylation sites (N-methyl/N-ethyl adjacent to an activating group) is 1. The minimum absolute atomic E-state index is 0.344. The fourth-order valence-electron chi connectivity index (χ4n) is 7.02. The molecule has 1 aliphatic carbocycles. The Labute approximate surface area is 296 Å². The van der Waals surface area contributed by atoms with Crippen LogP contribution in [0.2, 0.25) is 5.02 Å². The summed E-state index contributed by atoms with van der Waals surface area (Å²) in [6.45, 7) is 17.5. The van der Waals surface area contributed by atoms with Gasteiger partial charge in [-0.25, -0.2) is 4.98 Å². The Morgan fingerprint density at radius 2 is 1.78 bits per heavy atom. The third-order valence-corrected chi connectivity index (χ3v) is 10.4.